The monoisotopic (exact) mass is 374 g/mol. The molecule has 0 unspecified atom stereocenters. The summed E-state index contributed by atoms with van der Waals surface area (Å²) in [6, 6.07) is 11.4. The average Bonchev–Trinajstić information content (AvgIpc) is 2.84. The number of benzene rings is 2. The summed E-state index contributed by atoms with van der Waals surface area (Å²) in [6.07, 6.45) is 1.57. The van der Waals surface area contributed by atoms with Crippen LogP contribution in [0.25, 0.3) is 6.08 Å². The molecule has 0 spiro atoms. The molecular formula is C17H11FN2O3S2. The van der Waals surface area contributed by atoms with Crippen molar-refractivity contribution in [1.82, 2.24) is 10.4 Å². The van der Waals surface area contributed by atoms with Gasteiger partial charge < -0.3 is 5.11 Å². The molecule has 0 aliphatic carbocycles. The minimum Gasteiger partial charge on any atom is -0.508 e. The fraction of sp³-hybridized carbons (Fsp3) is 0. The Bertz CT molecular complexity index is 897. The first-order valence-electron chi connectivity index (χ1n) is 7.07. The van der Waals surface area contributed by atoms with Gasteiger partial charge in [0, 0.05) is 5.56 Å². The van der Waals surface area contributed by atoms with Crippen LogP contribution in [0, 0.1) is 5.82 Å². The maximum absolute atomic E-state index is 12.9. The highest BCUT2D eigenvalue weighted by molar-refractivity contribution is 8.26. The van der Waals surface area contributed by atoms with Crippen LogP contribution in [0.15, 0.2) is 53.4 Å². The zero-order chi connectivity index (χ0) is 18.0. The predicted molar refractivity (Wildman–Crippen MR) is 97.0 cm³/mol. The Morgan fingerprint density at radius 3 is 2.64 bits per heavy atom. The number of nitrogens with one attached hydrogen (secondary N) is 1. The third-order valence-electron chi connectivity index (χ3n) is 3.28. The van der Waals surface area contributed by atoms with Crippen molar-refractivity contribution in [2.24, 2.45) is 0 Å². The van der Waals surface area contributed by atoms with Crippen LogP contribution in [-0.4, -0.2) is 26.3 Å². The van der Waals surface area contributed by atoms with Crippen molar-refractivity contribution in [3.05, 3.63) is 70.4 Å². The smallest absolute Gasteiger partial charge is 0.285 e. The first-order valence-corrected chi connectivity index (χ1v) is 8.30. The van der Waals surface area contributed by atoms with Crippen molar-refractivity contribution in [3.63, 3.8) is 0 Å². The molecular weight excluding hydrogens is 363 g/mol. The highest BCUT2D eigenvalue weighted by Crippen LogP contribution is 2.31. The lowest BCUT2D eigenvalue weighted by Gasteiger charge is -2.15. The molecule has 0 saturated carbocycles. The molecule has 1 heterocycles. The van der Waals surface area contributed by atoms with Crippen LogP contribution in [-0.2, 0) is 4.79 Å². The number of halogens is 1. The Hall–Kier alpha value is -2.71. The summed E-state index contributed by atoms with van der Waals surface area (Å²) in [7, 11) is 0. The van der Waals surface area contributed by atoms with Gasteiger partial charge in [-0.1, -0.05) is 30.0 Å². The van der Waals surface area contributed by atoms with E-state index in [4.69, 9.17) is 12.2 Å². The van der Waals surface area contributed by atoms with E-state index in [9.17, 15) is 19.1 Å². The minimum atomic E-state index is -0.574. The molecule has 2 aromatic carbocycles. The lowest BCUT2D eigenvalue weighted by atomic mass is 10.2. The van der Waals surface area contributed by atoms with Gasteiger partial charge in [0.2, 0.25) is 0 Å². The predicted octanol–water partition coefficient (Wildman–Crippen LogP) is 3.08. The van der Waals surface area contributed by atoms with Crippen LogP contribution < -0.4 is 5.43 Å². The number of phenolic OH excluding ortho intramolecular Hbond substituents is 1. The SMILES string of the molecule is O=C(NN1C(=O)/C(=C/c2ccc(F)cc2)SC1=S)c1cccc(O)c1. The van der Waals surface area contributed by atoms with Crippen LogP contribution in [0.2, 0.25) is 0 Å². The molecule has 0 radical (unpaired) electrons. The summed E-state index contributed by atoms with van der Waals surface area (Å²) in [5, 5.41) is 10.4. The zero-order valence-electron chi connectivity index (χ0n) is 12.6. The molecule has 1 aliphatic heterocycles. The van der Waals surface area contributed by atoms with Gasteiger partial charge in [0.05, 0.1) is 4.91 Å². The molecule has 0 bridgehead atoms. The van der Waals surface area contributed by atoms with Crippen LogP contribution in [0.4, 0.5) is 4.39 Å². The van der Waals surface area contributed by atoms with Crippen molar-refractivity contribution in [3.8, 4) is 5.75 Å². The van der Waals surface area contributed by atoms with Crippen molar-refractivity contribution in [2.45, 2.75) is 0 Å². The summed E-state index contributed by atoms with van der Waals surface area (Å²) >= 11 is 6.16. The quantitative estimate of drug-likeness (QED) is 0.638. The highest BCUT2D eigenvalue weighted by atomic mass is 32.2. The molecule has 0 atom stereocenters. The second-order valence-corrected chi connectivity index (χ2v) is 6.74. The van der Waals surface area contributed by atoms with E-state index in [0.717, 1.165) is 16.8 Å². The molecule has 3 rings (SSSR count). The summed E-state index contributed by atoms with van der Waals surface area (Å²) in [6.45, 7) is 0. The summed E-state index contributed by atoms with van der Waals surface area (Å²) < 4.78 is 13.1. The molecule has 25 heavy (non-hydrogen) atoms. The number of aromatic hydroxyl groups is 1. The number of phenols is 1. The highest BCUT2D eigenvalue weighted by Gasteiger charge is 2.33. The first-order chi connectivity index (χ1) is 11.9. The van der Waals surface area contributed by atoms with Crippen molar-refractivity contribution >= 4 is 46.2 Å². The largest absolute Gasteiger partial charge is 0.508 e. The fourth-order valence-electron chi connectivity index (χ4n) is 2.09. The van der Waals surface area contributed by atoms with E-state index in [1.54, 1.807) is 6.08 Å². The van der Waals surface area contributed by atoms with E-state index in [2.05, 4.69) is 5.43 Å². The van der Waals surface area contributed by atoms with Gasteiger partial charge in [-0.15, -0.1) is 0 Å². The Kier molecular flexibility index (Phi) is 4.82. The lowest BCUT2D eigenvalue weighted by molar-refractivity contribution is -0.123. The first kappa shape index (κ1) is 17.1. The maximum atomic E-state index is 12.9. The molecule has 8 heteroatoms. The number of amides is 2. The number of hydrogen-bond acceptors (Lipinski definition) is 5. The van der Waals surface area contributed by atoms with E-state index >= 15 is 0 Å². The van der Waals surface area contributed by atoms with Gasteiger partial charge in [0.25, 0.3) is 11.8 Å². The third kappa shape index (κ3) is 3.86. The number of carbonyl (C=O) groups excluding carboxylic acids is 2. The maximum Gasteiger partial charge on any atom is 0.285 e. The van der Waals surface area contributed by atoms with E-state index in [1.807, 2.05) is 0 Å². The number of thioether (sulfide) groups is 1. The van der Waals surface area contributed by atoms with E-state index in [-0.39, 0.29) is 21.5 Å². The van der Waals surface area contributed by atoms with E-state index in [1.165, 1.54) is 48.5 Å². The number of hydrazine groups is 1. The summed E-state index contributed by atoms with van der Waals surface area (Å²) in [5.41, 5.74) is 3.25. The van der Waals surface area contributed by atoms with Crippen LogP contribution >= 0.6 is 24.0 Å². The van der Waals surface area contributed by atoms with E-state index in [0.29, 0.717) is 10.5 Å². The zero-order valence-corrected chi connectivity index (χ0v) is 14.2. The molecule has 2 amide bonds. The number of hydrogen-bond donors (Lipinski definition) is 2. The lowest BCUT2D eigenvalue weighted by Crippen LogP contribution is -2.44. The molecule has 126 valence electrons. The van der Waals surface area contributed by atoms with E-state index < -0.39 is 11.8 Å². The summed E-state index contributed by atoms with van der Waals surface area (Å²) in [5.74, 6) is -1.49. The number of nitrogens with zero attached hydrogens (tertiary/aromatic N) is 1. The molecule has 0 aromatic heterocycles. The van der Waals surface area contributed by atoms with Crippen molar-refractivity contribution in [2.75, 3.05) is 0 Å². The Labute approximate surface area is 152 Å². The molecule has 1 aliphatic rings. The average molecular weight is 374 g/mol. The minimum absolute atomic E-state index is 0.0609. The van der Waals surface area contributed by atoms with Crippen molar-refractivity contribution < 1.29 is 19.1 Å². The Morgan fingerprint density at radius 2 is 1.96 bits per heavy atom. The Balaban J connectivity index is 1.77. The molecule has 2 N–H and O–H groups in total. The van der Waals surface area contributed by atoms with Gasteiger partial charge in [-0.3, -0.25) is 15.0 Å². The topological polar surface area (TPSA) is 69.6 Å². The second-order valence-electron chi connectivity index (χ2n) is 5.06. The van der Waals surface area contributed by atoms with Crippen LogP contribution in [0.5, 0.6) is 5.75 Å². The number of thiocarbonyl (C=S) groups is 1. The third-order valence-corrected chi connectivity index (χ3v) is 4.59. The van der Waals surface area contributed by atoms with Gasteiger partial charge in [-0.25, -0.2) is 4.39 Å². The van der Waals surface area contributed by atoms with Crippen LogP contribution in [0.3, 0.4) is 0 Å². The number of rotatable bonds is 3. The van der Waals surface area contributed by atoms with Gasteiger partial charge in [-0.2, -0.15) is 5.01 Å². The fourth-order valence-corrected chi connectivity index (χ4v) is 3.27. The van der Waals surface area contributed by atoms with Gasteiger partial charge in [0.15, 0.2) is 4.32 Å². The van der Waals surface area contributed by atoms with Gasteiger partial charge in [-0.05, 0) is 54.2 Å². The standard InChI is InChI=1S/C17H11FN2O3S2/c18-12-6-4-10(5-7-12)8-14-16(23)20(17(24)25-14)19-15(22)11-2-1-3-13(21)9-11/h1-9,21H,(H,19,22)/b14-8-. The summed E-state index contributed by atoms with van der Waals surface area (Å²) in [4.78, 5) is 24.9. The van der Waals surface area contributed by atoms with Crippen molar-refractivity contribution in [1.29, 1.82) is 0 Å². The van der Waals surface area contributed by atoms with Crippen LogP contribution in [0.1, 0.15) is 15.9 Å². The molecule has 1 saturated heterocycles. The molecule has 5 nitrogen and oxygen atoms in total. The second kappa shape index (κ2) is 7.04. The normalized spacial score (nSPS) is 15.7. The van der Waals surface area contributed by atoms with Gasteiger partial charge >= 0.3 is 0 Å². The van der Waals surface area contributed by atoms with Gasteiger partial charge in [0.1, 0.15) is 11.6 Å². The molecule has 1 fully saturated rings. The molecule has 2 aromatic rings. The Morgan fingerprint density at radius 1 is 1.24 bits per heavy atom. The number of carbonyl (C=O) groups is 2.